The van der Waals surface area contributed by atoms with Crippen molar-refractivity contribution in [3.8, 4) is 0 Å². The van der Waals surface area contributed by atoms with E-state index < -0.39 is 18.0 Å². The number of carbonyl (C=O) groups is 2. The van der Waals surface area contributed by atoms with Gasteiger partial charge in [0.05, 0.1) is 13.0 Å². The van der Waals surface area contributed by atoms with Crippen LogP contribution < -0.4 is 5.73 Å². The Morgan fingerprint density at radius 1 is 1.14 bits per heavy atom. The Hall–Kier alpha value is -1.88. The highest BCUT2D eigenvalue weighted by molar-refractivity contribution is 5.82. The second-order valence-corrected chi connectivity index (χ2v) is 5.31. The van der Waals surface area contributed by atoms with E-state index in [2.05, 4.69) is 0 Å². The monoisotopic (exact) mass is 293 g/mol. The molecule has 0 radical (unpaired) electrons. The van der Waals surface area contributed by atoms with Gasteiger partial charge in [-0.2, -0.15) is 0 Å². The van der Waals surface area contributed by atoms with E-state index in [1.807, 2.05) is 44.2 Å². The molecule has 1 atom stereocenters. The summed E-state index contributed by atoms with van der Waals surface area (Å²) in [6.07, 6.45) is 0.630. The second kappa shape index (κ2) is 9.13. The van der Waals surface area contributed by atoms with Crippen molar-refractivity contribution in [1.82, 2.24) is 0 Å². The summed E-state index contributed by atoms with van der Waals surface area (Å²) < 4.78 is 10.1. The Morgan fingerprint density at radius 3 is 2.43 bits per heavy atom. The molecule has 0 amide bonds. The molecule has 0 aliphatic carbocycles. The van der Waals surface area contributed by atoms with Crippen LogP contribution in [0.2, 0.25) is 0 Å². The predicted octanol–water partition coefficient (Wildman–Crippen LogP) is 2.04. The standard InChI is InChI=1S/C16H23NO4/c1-12(2)8-9-20-15(18)10-14(17)16(19)21-11-13-6-4-3-5-7-13/h3-7,12,14H,8-11,17H2,1-2H3/t14-/m0/s1. The summed E-state index contributed by atoms with van der Waals surface area (Å²) in [5.74, 6) is -0.609. The van der Waals surface area contributed by atoms with E-state index in [1.54, 1.807) is 0 Å². The van der Waals surface area contributed by atoms with Gasteiger partial charge in [-0.15, -0.1) is 0 Å². The van der Waals surface area contributed by atoms with Gasteiger partial charge in [0.15, 0.2) is 0 Å². The second-order valence-electron chi connectivity index (χ2n) is 5.31. The van der Waals surface area contributed by atoms with Crippen molar-refractivity contribution in [3.63, 3.8) is 0 Å². The van der Waals surface area contributed by atoms with Crippen LogP contribution in [0.15, 0.2) is 30.3 Å². The largest absolute Gasteiger partial charge is 0.466 e. The zero-order valence-corrected chi connectivity index (χ0v) is 12.6. The molecule has 5 nitrogen and oxygen atoms in total. The van der Waals surface area contributed by atoms with Crippen LogP contribution in [0.1, 0.15) is 32.3 Å². The van der Waals surface area contributed by atoms with Crippen molar-refractivity contribution in [1.29, 1.82) is 0 Å². The maximum Gasteiger partial charge on any atom is 0.323 e. The lowest BCUT2D eigenvalue weighted by Gasteiger charge is -2.12. The Balaban J connectivity index is 2.25. The summed E-state index contributed by atoms with van der Waals surface area (Å²) in [5.41, 5.74) is 6.51. The zero-order chi connectivity index (χ0) is 15.7. The lowest BCUT2D eigenvalue weighted by atomic mass is 10.1. The Bertz CT molecular complexity index is 445. The highest BCUT2D eigenvalue weighted by atomic mass is 16.5. The zero-order valence-electron chi connectivity index (χ0n) is 12.6. The number of hydrogen-bond donors (Lipinski definition) is 1. The van der Waals surface area contributed by atoms with Crippen LogP contribution in [0, 0.1) is 5.92 Å². The van der Waals surface area contributed by atoms with Gasteiger partial charge in [0.2, 0.25) is 0 Å². The first-order chi connectivity index (χ1) is 9.99. The molecule has 21 heavy (non-hydrogen) atoms. The van der Waals surface area contributed by atoms with Crippen LogP contribution in [0.3, 0.4) is 0 Å². The molecule has 116 valence electrons. The molecule has 0 spiro atoms. The van der Waals surface area contributed by atoms with Crippen LogP contribution in [0.5, 0.6) is 0 Å². The number of ether oxygens (including phenoxy) is 2. The van der Waals surface area contributed by atoms with Crippen molar-refractivity contribution < 1.29 is 19.1 Å². The van der Waals surface area contributed by atoms with E-state index in [1.165, 1.54) is 0 Å². The molecule has 0 saturated heterocycles. The van der Waals surface area contributed by atoms with Gasteiger partial charge in [-0.05, 0) is 17.9 Å². The third-order valence-corrected chi connectivity index (χ3v) is 2.87. The van der Waals surface area contributed by atoms with Gasteiger partial charge in [0.1, 0.15) is 12.6 Å². The smallest absolute Gasteiger partial charge is 0.323 e. The summed E-state index contributed by atoms with van der Waals surface area (Å²) in [6, 6.07) is 8.30. The number of rotatable bonds is 8. The highest BCUT2D eigenvalue weighted by Crippen LogP contribution is 2.04. The molecular weight excluding hydrogens is 270 g/mol. The lowest BCUT2D eigenvalue weighted by molar-refractivity contribution is -0.152. The minimum atomic E-state index is -0.986. The number of hydrogen-bond acceptors (Lipinski definition) is 5. The van der Waals surface area contributed by atoms with Crippen molar-refractivity contribution in [2.24, 2.45) is 11.7 Å². The van der Waals surface area contributed by atoms with Gasteiger partial charge in [-0.25, -0.2) is 0 Å². The van der Waals surface area contributed by atoms with Crippen molar-refractivity contribution in [3.05, 3.63) is 35.9 Å². The average molecular weight is 293 g/mol. The fourth-order valence-electron chi connectivity index (χ4n) is 1.57. The quantitative estimate of drug-likeness (QED) is 0.742. The minimum absolute atomic E-state index is 0.149. The fourth-order valence-corrected chi connectivity index (χ4v) is 1.57. The molecule has 0 heterocycles. The van der Waals surface area contributed by atoms with Crippen LogP contribution in [0.25, 0.3) is 0 Å². The van der Waals surface area contributed by atoms with Gasteiger partial charge in [-0.1, -0.05) is 44.2 Å². The number of benzene rings is 1. The van der Waals surface area contributed by atoms with Gasteiger partial charge in [0, 0.05) is 0 Å². The maximum absolute atomic E-state index is 11.7. The molecule has 1 aromatic rings. The van der Waals surface area contributed by atoms with Crippen molar-refractivity contribution in [2.45, 2.75) is 39.3 Å². The number of nitrogens with two attached hydrogens (primary N) is 1. The van der Waals surface area contributed by atoms with Gasteiger partial charge in [0.25, 0.3) is 0 Å². The molecule has 1 rings (SSSR count). The summed E-state index contributed by atoms with van der Waals surface area (Å²) in [4.78, 5) is 23.2. The molecule has 5 heteroatoms. The molecule has 1 aromatic carbocycles. The summed E-state index contributed by atoms with van der Waals surface area (Å²) in [5, 5.41) is 0. The minimum Gasteiger partial charge on any atom is -0.466 e. The SMILES string of the molecule is CC(C)CCOC(=O)C[C@H](N)C(=O)OCc1ccccc1. The van der Waals surface area contributed by atoms with E-state index in [4.69, 9.17) is 15.2 Å². The van der Waals surface area contributed by atoms with Gasteiger partial charge in [-0.3, -0.25) is 9.59 Å². The number of esters is 2. The molecule has 0 bridgehead atoms. The molecule has 0 aliphatic rings. The van der Waals surface area contributed by atoms with Gasteiger partial charge < -0.3 is 15.2 Å². The first kappa shape index (κ1) is 17.2. The third-order valence-electron chi connectivity index (χ3n) is 2.87. The first-order valence-corrected chi connectivity index (χ1v) is 7.10. The predicted molar refractivity (Wildman–Crippen MR) is 79.2 cm³/mol. The number of carbonyl (C=O) groups excluding carboxylic acids is 2. The Kier molecular flexibility index (Phi) is 7.46. The average Bonchev–Trinajstić information content (AvgIpc) is 2.45. The maximum atomic E-state index is 11.7. The fraction of sp³-hybridized carbons (Fsp3) is 0.500. The first-order valence-electron chi connectivity index (χ1n) is 7.10. The van der Waals surface area contributed by atoms with Crippen LogP contribution in [-0.2, 0) is 25.7 Å². The van der Waals surface area contributed by atoms with Crippen molar-refractivity contribution >= 4 is 11.9 Å². The lowest BCUT2D eigenvalue weighted by Crippen LogP contribution is -2.35. The van der Waals surface area contributed by atoms with Crippen LogP contribution in [0.4, 0.5) is 0 Å². The van der Waals surface area contributed by atoms with E-state index in [0.29, 0.717) is 12.5 Å². The van der Waals surface area contributed by atoms with Crippen LogP contribution >= 0.6 is 0 Å². The third kappa shape index (κ3) is 7.46. The summed E-state index contributed by atoms with van der Waals surface area (Å²) in [6.45, 7) is 4.58. The van der Waals surface area contributed by atoms with Crippen molar-refractivity contribution in [2.75, 3.05) is 6.61 Å². The van der Waals surface area contributed by atoms with E-state index in [9.17, 15) is 9.59 Å². The molecular formula is C16H23NO4. The molecule has 0 fully saturated rings. The summed E-state index contributed by atoms with van der Waals surface area (Å²) in [7, 11) is 0. The molecule has 0 saturated carbocycles. The van der Waals surface area contributed by atoms with Gasteiger partial charge >= 0.3 is 11.9 Å². The van der Waals surface area contributed by atoms with E-state index in [-0.39, 0.29) is 13.0 Å². The Labute approximate surface area is 125 Å². The molecule has 0 aliphatic heterocycles. The molecule has 0 unspecified atom stereocenters. The topological polar surface area (TPSA) is 78.6 Å². The normalized spacial score (nSPS) is 12.0. The summed E-state index contributed by atoms with van der Waals surface area (Å²) >= 11 is 0. The van der Waals surface area contributed by atoms with Crippen LogP contribution in [-0.4, -0.2) is 24.6 Å². The highest BCUT2D eigenvalue weighted by Gasteiger charge is 2.20. The Morgan fingerprint density at radius 2 is 1.81 bits per heavy atom. The molecule has 2 N–H and O–H groups in total. The van der Waals surface area contributed by atoms with E-state index >= 15 is 0 Å². The van der Waals surface area contributed by atoms with E-state index in [0.717, 1.165) is 12.0 Å². The molecule has 0 aromatic heterocycles.